The third-order valence-electron chi connectivity index (χ3n) is 4.82. The maximum atomic E-state index is 12.0. The minimum Gasteiger partial charge on any atom is -0.308 e. The topological polar surface area (TPSA) is 64.0 Å². The third-order valence-corrected chi connectivity index (χ3v) is 6.49. The summed E-state index contributed by atoms with van der Waals surface area (Å²) < 4.78 is 26.0. The van der Waals surface area contributed by atoms with Crippen molar-refractivity contribution in [3.05, 3.63) is 17.0 Å². The van der Waals surface area contributed by atoms with Crippen LogP contribution in [-0.4, -0.2) is 35.7 Å². The van der Waals surface area contributed by atoms with Crippen LogP contribution in [0.2, 0.25) is 0 Å². The van der Waals surface area contributed by atoms with E-state index in [1.807, 2.05) is 11.7 Å². The first kappa shape index (κ1) is 17.5. The van der Waals surface area contributed by atoms with Crippen LogP contribution in [0.25, 0.3) is 0 Å². The standard InChI is InChI=1S/C16H29N3O2S/c1-5-13-12(15(6-2)19(3)18-13)11-17-14-9-7-8-10-16(14)22(4,20)21/h14,16-17H,5-11H2,1-4H3. The van der Waals surface area contributed by atoms with Crippen molar-refractivity contribution in [2.45, 2.75) is 70.2 Å². The number of rotatable bonds is 6. The van der Waals surface area contributed by atoms with Crippen molar-refractivity contribution in [1.29, 1.82) is 0 Å². The van der Waals surface area contributed by atoms with Gasteiger partial charge >= 0.3 is 0 Å². The third kappa shape index (κ3) is 3.71. The molecule has 126 valence electrons. The van der Waals surface area contributed by atoms with E-state index in [1.54, 1.807) is 0 Å². The number of nitrogens with one attached hydrogen (secondary N) is 1. The van der Waals surface area contributed by atoms with Crippen LogP contribution in [-0.2, 0) is 36.3 Å². The molecule has 1 N–H and O–H groups in total. The summed E-state index contributed by atoms with van der Waals surface area (Å²) in [6.45, 7) is 4.97. The zero-order valence-electron chi connectivity index (χ0n) is 14.2. The van der Waals surface area contributed by atoms with Crippen LogP contribution < -0.4 is 5.32 Å². The second-order valence-corrected chi connectivity index (χ2v) is 8.61. The lowest BCUT2D eigenvalue weighted by Crippen LogP contribution is -2.45. The maximum Gasteiger partial charge on any atom is 0.151 e. The Hall–Kier alpha value is -0.880. The van der Waals surface area contributed by atoms with E-state index in [1.165, 1.54) is 17.5 Å². The molecule has 22 heavy (non-hydrogen) atoms. The van der Waals surface area contributed by atoms with Gasteiger partial charge in [-0.1, -0.05) is 26.7 Å². The number of nitrogens with zero attached hydrogens (tertiary/aromatic N) is 2. The molecule has 1 fully saturated rings. The van der Waals surface area contributed by atoms with E-state index in [4.69, 9.17) is 0 Å². The molecule has 1 saturated carbocycles. The normalized spacial score (nSPS) is 22.9. The average molecular weight is 327 g/mol. The second kappa shape index (κ2) is 7.13. The molecule has 2 atom stereocenters. The molecule has 6 heteroatoms. The Morgan fingerprint density at radius 1 is 1.23 bits per heavy atom. The lowest BCUT2D eigenvalue weighted by molar-refractivity contribution is 0.370. The first-order valence-electron chi connectivity index (χ1n) is 8.34. The summed E-state index contributed by atoms with van der Waals surface area (Å²) in [7, 11) is -1.00. The molecule has 0 spiro atoms. The summed E-state index contributed by atoms with van der Waals surface area (Å²) in [5.74, 6) is 0. The molecule has 5 nitrogen and oxygen atoms in total. The fraction of sp³-hybridized carbons (Fsp3) is 0.812. The van der Waals surface area contributed by atoms with Crippen molar-refractivity contribution in [3.63, 3.8) is 0 Å². The van der Waals surface area contributed by atoms with Crippen molar-refractivity contribution in [2.24, 2.45) is 7.05 Å². The highest BCUT2D eigenvalue weighted by Gasteiger charge is 2.32. The van der Waals surface area contributed by atoms with Gasteiger partial charge in [-0.05, 0) is 25.7 Å². The maximum absolute atomic E-state index is 12.0. The van der Waals surface area contributed by atoms with E-state index < -0.39 is 9.84 Å². The van der Waals surface area contributed by atoms with Crippen LogP contribution in [0.15, 0.2) is 0 Å². The first-order valence-corrected chi connectivity index (χ1v) is 10.3. The number of hydrogen-bond acceptors (Lipinski definition) is 4. The van der Waals surface area contributed by atoms with Crippen molar-refractivity contribution in [3.8, 4) is 0 Å². The molecule has 0 radical (unpaired) electrons. The van der Waals surface area contributed by atoms with Gasteiger partial charge in [0.2, 0.25) is 0 Å². The molecule has 2 unspecified atom stereocenters. The van der Waals surface area contributed by atoms with Gasteiger partial charge < -0.3 is 5.32 Å². The van der Waals surface area contributed by atoms with E-state index in [2.05, 4.69) is 24.3 Å². The van der Waals surface area contributed by atoms with Crippen LogP contribution in [0.3, 0.4) is 0 Å². The predicted octanol–water partition coefficient (Wildman–Crippen LogP) is 1.99. The minimum absolute atomic E-state index is 0.0679. The monoisotopic (exact) mass is 327 g/mol. The van der Waals surface area contributed by atoms with Gasteiger partial charge in [-0.15, -0.1) is 0 Å². The van der Waals surface area contributed by atoms with Gasteiger partial charge in [0, 0.05) is 37.1 Å². The summed E-state index contributed by atoms with van der Waals surface area (Å²) in [6.07, 6.45) is 7.08. The molecular weight excluding hydrogens is 298 g/mol. The zero-order chi connectivity index (χ0) is 16.3. The Balaban J connectivity index is 2.15. The molecule has 0 aromatic carbocycles. The Kier molecular flexibility index (Phi) is 5.66. The van der Waals surface area contributed by atoms with Crippen LogP contribution in [0.1, 0.15) is 56.5 Å². The molecule has 0 aliphatic heterocycles. The van der Waals surface area contributed by atoms with Gasteiger partial charge in [0.25, 0.3) is 0 Å². The largest absolute Gasteiger partial charge is 0.308 e. The average Bonchev–Trinajstić information content (AvgIpc) is 2.79. The molecular formula is C16H29N3O2S. The molecule has 2 rings (SSSR count). The highest BCUT2D eigenvalue weighted by molar-refractivity contribution is 7.91. The second-order valence-electron chi connectivity index (χ2n) is 6.34. The molecule has 1 aliphatic carbocycles. The zero-order valence-corrected chi connectivity index (χ0v) is 15.0. The SMILES string of the molecule is CCc1nn(C)c(CC)c1CNC1CCCCC1S(C)(=O)=O. The highest BCUT2D eigenvalue weighted by Crippen LogP contribution is 2.25. The number of aryl methyl sites for hydroxylation is 2. The quantitative estimate of drug-likeness (QED) is 0.868. The van der Waals surface area contributed by atoms with Gasteiger partial charge in [0.15, 0.2) is 9.84 Å². The van der Waals surface area contributed by atoms with Crippen molar-refractivity contribution in [2.75, 3.05) is 6.26 Å². The van der Waals surface area contributed by atoms with Crippen LogP contribution in [0, 0.1) is 0 Å². The minimum atomic E-state index is -2.99. The molecule has 1 aromatic heterocycles. The summed E-state index contributed by atoms with van der Waals surface area (Å²) in [4.78, 5) is 0. The molecule has 0 saturated heterocycles. The van der Waals surface area contributed by atoms with E-state index in [-0.39, 0.29) is 11.3 Å². The lowest BCUT2D eigenvalue weighted by Gasteiger charge is -2.31. The van der Waals surface area contributed by atoms with Crippen LogP contribution >= 0.6 is 0 Å². The fourth-order valence-corrected chi connectivity index (χ4v) is 5.09. The summed E-state index contributed by atoms with van der Waals surface area (Å²) in [6, 6.07) is 0.0679. The van der Waals surface area contributed by atoms with Crippen molar-refractivity contribution >= 4 is 9.84 Å². The van der Waals surface area contributed by atoms with E-state index >= 15 is 0 Å². The Bertz CT molecular complexity index is 607. The van der Waals surface area contributed by atoms with Crippen molar-refractivity contribution < 1.29 is 8.42 Å². The number of sulfone groups is 1. The molecule has 1 aromatic rings. The van der Waals surface area contributed by atoms with Gasteiger partial charge in [0.05, 0.1) is 10.9 Å². The number of hydrogen-bond donors (Lipinski definition) is 1. The van der Waals surface area contributed by atoms with Crippen LogP contribution in [0.5, 0.6) is 0 Å². The van der Waals surface area contributed by atoms with E-state index in [0.29, 0.717) is 0 Å². The number of aromatic nitrogens is 2. The summed E-state index contributed by atoms with van der Waals surface area (Å²) >= 11 is 0. The smallest absolute Gasteiger partial charge is 0.151 e. The molecule has 0 bridgehead atoms. The van der Waals surface area contributed by atoms with E-state index in [0.717, 1.165) is 50.8 Å². The Morgan fingerprint density at radius 3 is 2.50 bits per heavy atom. The fourth-order valence-electron chi connectivity index (χ4n) is 3.67. The van der Waals surface area contributed by atoms with Crippen LogP contribution in [0.4, 0.5) is 0 Å². The Labute approximate surface area is 134 Å². The van der Waals surface area contributed by atoms with E-state index in [9.17, 15) is 8.42 Å². The molecule has 1 aliphatic rings. The predicted molar refractivity (Wildman–Crippen MR) is 89.7 cm³/mol. The molecule has 0 amide bonds. The summed E-state index contributed by atoms with van der Waals surface area (Å²) in [5, 5.41) is 7.87. The van der Waals surface area contributed by atoms with Crippen molar-refractivity contribution in [1.82, 2.24) is 15.1 Å². The van der Waals surface area contributed by atoms with Gasteiger partial charge in [-0.25, -0.2) is 8.42 Å². The van der Waals surface area contributed by atoms with Gasteiger partial charge in [-0.3, -0.25) is 4.68 Å². The lowest BCUT2D eigenvalue weighted by atomic mass is 9.94. The van der Waals surface area contributed by atoms with Gasteiger partial charge in [0.1, 0.15) is 0 Å². The van der Waals surface area contributed by atoms with Gasteiger partial charge in [-0.2, -0.15) is 5.10 Å². The summed E-state index contributed by atoms with van der Waals surface area (Å²) in [5.41, 5.74) is 3.62. The highest BCUT2D eigenvalue weighted by atomic mass is 32.2. The Morgan fingerprint density at radius 2 is 1.91 bits per heavy atom. The first-order chi connectivity index (χ1) is 10.4. The molecule has 1 heterocycles.